The van der Waals surface area contributed by atoms with E-state index in [-0.39, 0.29) is 0 Å². The summed E-state index contributed by atoms with van der Waals surface area (Å²) in [6, 6.07) is 18.1. The van der Waals surface area contributed by atoms with Crippen LogP contribution in [0, 0.1) is 6.92 Å². The predicted molar refractivity (Wildman–Crippen MR) is 116 cm³/mol. The summed E-state index contributed by atoms with van der Waals surface area (Å²) >= 11 is 0. The second kappa shape index (κ2) is 6.13. The number of rotatable bonds is 0. The molecule has 4 heterocycles. The minimum absolute atomic E-state index is 0.446. The van der Waals surface area contributed by atoms with Crippen molar-refractivity contribution in [2.24, 2.45) is 0 Å². The number of hydrogen-bond acceptors (Lipinski definition) is 0. The molecular formula is C27H28N2+2. The van der Waals surface area contributed by atoms with Crippen LogP contribution in [0.1, 0.15) is 55.6 Å². The van der Waals surface area contributed by atoms with E-state index in [4.69, 9.17) is 0 Å². The van der Waals surface area contributed by atoms with Gasteiger partial charge in [-0.1, -0.05) is 18.2 Å². The van der Waals surface area contributed by atoms with Gasteiger partial charge >= 0.3 is 0 Å². The Balaban J connectivity index is 1.69. The van der Waals surface area contributed by atoms with Crippen molar-refractivity contribution in [2.45, 2.75) is 58.5 Å². The highest BCUT2D eigenvalue weighted by atomic mass is 15.0. The lowest BCUT2D eigenvalue weighted by molar-refractivity contribution is -0.718. The van der Waals surface area contributed by atoms with Crippen molar-refractivity contribution < 1.29 is 9.13 Å². The van der Waals surface area contributed by atoms with Crippen LogP contribution in [-0.4, -0.2) is 0 Å². The summed E-state index contributed by atoms with van der Waals surface area (Å²) in [7, 11) is 0. The van der Waals surface area contributed by atoms with Crippen molar-refractivity contribution in [3.05, 3.63) is 94.1 Å². The molecule has 29 heavy (non-hydrogen) atoms. The quantitative estimate of drug-likeness (QED) is 0.483. The van der Waals surface area contributed by atoms with Crippen LogP contribution in [0.3, 0.4) is 0 Å². The second-order valence-electron chi connectivity index (χ2n) is 8.98. The molecule has 0 amide bonds. The number of hydrogen-bond donors (Lipinski definition) is 0. The lowest BCUT2D eigenvalue weighted by Gasteiger charge is -2.39. The third kappa shape index (κ3) is 2.29. The van der Waals surface area contributed by atoms with Crippen molar-refractivity contribution in [1.82, 2.24) is 0 Å². The van der Waals surface area contributed by atoms with Crippen molar-refractivity contribution in [2.75, 3.05) is 0 Å². The van der Waals surface area contributed by atoms with E-state index in [1.807, 2.05) is 0 Å². The molecule has 2 aromatic heterocycles. The molecule has 0 fully saturated rings. The fraction of sp³-hybridized carbons (Fsp3) is 0.333. The summed E-state index contributed by atoms with van der Waals surface area (Å²) in [5.41, 5.74) is 10.9. The zero-order valence-electron chi connectivity index (χ0n) is 17.6. The monoisotopic (exact) mass is 380 g/mol. The molecule has 6 rings (SSSR count). The zero-order valence-corrected chi connectivity index (χ0v) is 17.6. The molecular weight excluding hydrogens is 352 g/mol. The average molecular weight is 381 g/mol. The highest BCUT2D eigenvalue weighted by Gasteiger charge is 2.49. The number of nitrogens with zero attached hydrogens (tertiary/aromatic N) is 2. The summed E-state index contributed by atoms with van der Waals surface area (Å²) in [5.74, 6) is 0.904. The highest BCUT2D eigenvalue weighted by molar-refractivity contribution is 5.84. The van der Waals surface area contributed by atoms with E-state index in [1.54, 1.807) is 22.3 Å². The number of allylic oxidation sites excluding steroid dienone is 4. The lowest BCUT2D eigenvalue weighted by Crippen LogP contribution is -2.51. The Labute approximate surface area is 172 Å². The molecule has 2 unspecified atom stereocenters. The van der Waals surface area contributed by atoms with Crippen LogP contribution in [0.4, 0.5) is 0 Å². The van der Waals surface area contributed by atoms with Gasteiger partial charge in [-0.15, -0.1) is 0 Å². The van der Waals surface area contributed by atoms with Gasteiger partial charge in [-0.2, -0.15) is 4.57 Å². The normalized spacial score (nSPS) is 22.9. The topological polar surface area (TPSA) is 7.76 Å². The summed E-state index contributed by atoms with van der Waals surface area (Å²) in [6.07, 6.45) is 4.66. The first kappa shape index (κ1) is 17.1. The molecule has 3 aliphatic rings. The Kier molecular flexibility index (Phi) is 3.62. The first-order valence-electron chi connectivity index (χ1n) is 10.9. The van der Waals surface area contributed by atoms with Gasteiger partial charge in [0.15, 0.2) is 36.4 Å². The molecule has 1 aliphatic carbocycles. The first-order valence-corrected chi connectivity index (χ1v) is 10.9. The van der Waals surface area contributed by atoms with Crippen LogP contribution in [0.5, 0.6) is 0 Å². The maximum atomic E-state index is 2.57. The molecule has 2 heteroatoms. The molecule has 0 bridgehead atoms. The fourth-order valence-electron chi connectivity index (χ4n) is 6.25. The fourth-order valence-corrected chi connectivity index (χ4v) is 6.25. The molecule has 2 nitrogen and oxygen atoms in total. The van der Waals surface area contributed by atoms with Crippen LogP contribution in [0.15, 0.2) is 77.0 Å². The number of benzene rings is 1. The minimum Gasteiger partial charge on any atom is -0.201 e. The Morgan fingerprint density at radius 3 is 2.38 bits per heavy atom. The lowest BCUT2D eigenvalue weighted by atomic mass is 9.65. The van der Waals surface area contributed by atoms with Gasteiger partial charge in [0.2, 0.25) is 0 Å². The number of fused-ring (bicyclic) bond motifs is 9. The molecule has 0 saturated heterocycles. The van der Waals surface area contributed by atoms with Gasteiger partial charge in [0.05, 0.1) is 11.8 Å². The van der Waals surface area contributed by atoms with Gasteiger partial charge in [0.1, 0.15) is 0 Å². The van der Waals surface area contributed by atoms with Gasteiger partial charge in [0, 0.05) is 43.4 Å². The molecule has 0 spiro atoms. The standard InChI is InChI=1S/C27H28N2/c1-17-7-6-10-24-25-21(13-16-29(17)24)18(2)19(3)22-12-15-28-14-11-20-8-4-5-9-23(20)27(28)26(22)25/h4-11,14,25-26H,12-13,15-16H2,1-3H3/q+2. The summed E-state index contributed by atoms with van der Waals surface area (Å²) in [4.78, 5) is 0. The van der Waals surface area contributed by atoms with Crippen molar-refractivity contribution in [3.63, 3.8) is 0 Å². The maximum Gasteiger partial charge on any atom is 0.197 e. The van der Waals surface area contributed by atoms with Crippen molar-refractivity contribution in [1.29, 1.82) is 0 Å². The van der Waals surface area contributed by atoms with Gasteiger partial charge in [-0.25, -0.2) is 4.57 Å². The second-order valence-corrected chi connectivity index (χ2v) is 8.98. The van der Waals surface area contributed by atoms with E-state index in [0.717, 1.165) is 13.1 Å². The summed E-state index contributed by atoms with van der Waals surface area (Å²) in [6.45, 7) is 9.20. The van der Waals surface area contributed by atoms with Crippen LogP contribution in [0.2, 0.25) is 0 Å². The van der Waals surface area contributed by atoms with Crippen LogP contribution >= 0.6 is 0 Å². The largest absolute Gasteiger partial charge is 0.201 e. The summed E-state index contributed by atoms with van der Waals surface area (Å²) < 4.78 is 5.11. The maximum absolute atomic E-state index is 2.57. The Hall–Kier alpha value is -2.74. The van der Waals surface area contributed by atoms with Crippen molar-refractivity contribution in [3.8, 4) is 0 Å². The Morgan fingerprint density at radius 1 is 0.759 bits per heavy atom. The number of pyridine rings is 2. The molecule has 0 N–H and O–H groups in total. The number of aromatic nitrogens is 2. The third-order valence-electron chi connectivity index (χ3n) is 7.77. The Morgan fingerprint density at radius 2 is 1.52 bits per heavy atom. The molecule has 3 aromatic rings. The molecule has 1 aromatic carbocycles. The SMILES string of the molecule is CC1=C2CC[n+]3ccc4ccccc4c3C2C2C(=C1C)CC[n+]1c(C)cccc12. The van der Waals surface area contributed by atoms with Gasteiger partial charge in [0.25, 0.3) is 0 Å². The van der Waals surface area contributed by atoms with E-state index >= 15 is 0 Å². The summed E-state index contributed by atoms with van der Waals surface area (Å²) in [5, 5.41) is 2.78. The zero-order chi connectivity index (χ0) is 19.7. The third-order valence-corrected chi connectivity index (χ3v) is 7.77. The molecule has 0 saturated carbocycles. The van der Waals surface area contributed by atoms with Crippen LogP contribution in [-0.2, 0) is 13.1 Å². The van der Waals surface area contributed by atoms with E-state index in [0.29, 0.717) is 11.8 Å². The molecule has 144 valence electrons. The van der Waals surface area contributed by atoms with E-state index in [9.17, 15) is 0 Å². The highest BCUT2D eigenvalue weighted by Crippen LogP contribution is 2.53. The van der Waals surface area contributed by atoms with Gasteiger partial charge in [-0.05, 0) is 53.7 Å². The van der Waals surface area contributed by atoms with Crippen LogP contribution < -0.4 is 9.13 Å². The van der Waals surface area contributed by atoms with E-state index < -0.39 is 0 Å². The van der Waals surface area contributed by atoms with E-state index in [2.05, 4.69) is 84.6 Å². The molecule has 2 aliphatic heterocycles. The molecule has 0 radical (unpaired) electrons. The number of aryl methyl sites for hydroxylation is 2. The van der Waals surface area contributed by atoms with Gasteiger partial charge < -0.3 is 0 Å². The first-order chi connectivity index (χ1) is 14.1. The van der Waals surface area contributed by atoms with E-state index in [1.165, 1.54) is 40.7 Å². The van der Waals surface area contributed by atoms with Crippen molar-refractivity contribution >= 4 is 10.8 Å². The smallest absolute Gasteiger partial charge is 0.197 e. The average Bonchev–Trinajstić information content (AvgIpc) is 2.76. The Bertz CT molecular complexity index is 1240. The van der Waals surface area contributed by atoms with Gasteiger partial charge in [-0.3, -0.25) is 0 Å². The van der Waals surface area contributed by atoms with Crippen LogP contribution in [0.25, 0.3) is 10.8 Å². The minimum atomic E-state index is 0.446. The molecule has 2 atom stereocenters. The predicted octanol–water partition coefficient (Wildman–Crippen LogP) is 5.04.